The van der Waals surface area contributed by atoms with Gasteiger partial charge in [-0.05, 0) is 37.5 Å². The lowest BCUT2D eigenvalue weighted by atomic mass is 9.76. The highest BCUT2D eigenvalue weighted by molar-refractivity contribution is 5.79. The molecule has 6 heteroatoms. The van der Waals surface area contributed by atoms with E-state index in [4.69, 9.17) is 14.2 Å². The average Bonchev–Trinajstić information content (AvgIpc) is 2.52. The van der Waals surface area contributed by atoms with Crippen molar-refractivity contribution in [3.63, 3.8) is 0 Å². The first-order valence-electron chi connectivity index (χ1n) is 8.94. The molecule has 3 rings (SSSR count). The quantitative estimate of drug-likeness (QED) is 0.567. The summed E-state index contributed by atoms with van der Waals surface area (Å²) >= 11 is 0. The van der Waals surface area contributed by atoms with E-state index in [1.54, 1.807) is 0 Å². The Bertz CT molecular complexity index is 530. The lowest BCUT2D eigenvalue weighted by molar-refractivity contribution is -0.190. The third-order valence-corrected chi connectivity index (χ3v) is 5.63. The molecule has 24 heavy (non-hydrogen) atoms. The van der Waals surface area contributed by atoms with E-state index < -0.39 is 18.1 Å². The molecule has 3 aliphatic rings. The van der Waals surface area contributed by atoms with Gasteiger partial charge >= 0.3 is 17.9 Å². The molecule has 0 amide bonds. The van der Waals surface area contributed by atoms with Gasteiger partial charge in [0.15, 0.2) is 0 Å². The summed E-state index contributed by atoms with van der Waals surface area (Å²) in [4.78, 5) is 36.4. The SMILES string of the molecule is C[C@@H]1COC(=O)C(C2C[C@@H](C)C(C3CC[C@@H](C)C(=O)O3)C(=O)O2)C1. The maximum atomic E-state index is 12.6. The van der Waals surface area contributed by atoms with E-state index in [0.717, 1.165) is 6.42 Å². The highest BCUT2D eigenvalue weighted by atomic mass is 16.6. The Labute approximate surface area is 142 Å². The molecule has 0 spiro atoms. The lowest BCUT2D eigenvalue weighted by Crippen LogP contribution is -2.50. The molecule has 0 bridgehead atoms. The Morgan fingerprint density at radius 3 is 2.21 bits per heavy atom. The van der Waals surface area contributed by atoms with Crippen LogP contribution in [-0.2, 0) is 28.6 Å². The van der Waals surface area contributed by atoms with Gasteiger partial charge in [-0.2, -0.15) is 0 Å². The fourth-order valence-corrected chi connectivity index (χ4v) is 4.13. The standard InChI is InChI=1S/C18H26O6/c1-9-6-12(17(20)22-8-9)14-7-11(3)15(18(21)24-14)13-5-4-10(2)16(19)23-13/h9-15H,4-8H2,1-3H3/t9-,10+,11+,12?,13?,14?,15?/m0/s1. The highest BCUT2D eigenvalue weighted by Gasteiger charge is 2.48. The van der Waals surface area contributed by atoms with Crippen LogP contribution in [0, 0.1) is 29.6 Å². The van der Waals surface area contributed by atoms with Gasteiger partial charge in [0.1, 0.15) is 12.2 Å². The van der Waals surface area contributed by atoms with E-state index >= 15 is 0 Å². The summed E-state index contributed by atoms with van der Waals surface area (Å²) in [5, 5.41) is 0. The first-order valence-corrected chi connectivity index (χ1v) is 8.94. The number of cyclic esters (lactones) is 3. The van der Waals surface area contributed by atoms with E-state index in [9.17, 15) is 14.4 Å². The van der Waals surface area contributed by atoms with Crippen LogP contribution < -0.4 is 0 Å². The predicted molar refractivity (Wildman–Crippen MR) is 83.7 cm³/mol. The van der Waals surface area contributed by atoms with Crippen LogP contribution in [0.2, 0.25) is 0 Å². The number of esters is 3. The Kier molecular flexibility index (Phi) is 4.83. The minimum absolute atomic E-state index is 0.00693. The normalized spacial score (nSPS) is 43.6. The number of rotatable bonds is 2. The van der Waals surface area contributed by atoms with Gasteiger partial charge in [0.25, 0.3) is 0 Å². The van der Waals surface area contributed by atoms with Crippen molar-refractivity contribution < 1.29 is 28.6 Å². The molecule has 7 atom stereocenters. The Hall–Kier alpha value is -1.59. The van der Waals surface area contributed by atoms with Crippen molar-refractivity contribution >= 4 is 17.9 Å². The first kappa shape index (κ1) is 17.2. The molecular weight excluding hydrogens is 312 g/mol. The second kappa shape index (κ2) is 6.73. The summed E-state index contributed by atoms with van der Waals surface area (Å²) in [5.41, 5.74) is 0. The van der Waals surface area contributed by atoms with Crippen LogP contribution >= 0.6 is 0 Å². The van der Waals surface area contributed by atoms with Crippen molar-refractivity contribution in [1.82, 2.24) is 0 Å². The van der Waals surface area contributed by atoms with Gasteiger partial charge in [0.05, 0.1) is 24.4 Å². The zero-order chi connectivity index (χ0) is 17.4. The predicted octanol–water partition coefficient (Wildman–Crippen LogP) is 2.10. The Balaban J connectivity index is 1.67. The van der Waals surface area contributed by atoms with Gasteiger partial charge < -0.3 is 14.2 Å². The Morgan fingerprint density at radius 2 is 1.54 bits per heavy atom. The molecule has 0 radical (unpaired) electrons. The second-order valence-corrected chi connectivity index (χ2v) is 7.75. The molecule has 6 nitrogen and oxygen atoms in total. The van der Waals surface area contributed by atoms with E-state index in [1.165, 1.54) is 0 Å². The minimum Gasteiger partial charge on any atom is -0.465 e. The van der Waals surface area contributed by atoms with E-state index in [2.05, 4.69) is 0 Å². The lowest BCUT2D eigenvalue weighted by Gasteiger charge is -2.41. The molecular formula is C18H26O6. The van der Waals surface area contributed by atoms with Crippen molar-refractivity contribution in [1.29, 1.82) is 0 Å². The molecule has 3 aliphatic heterocycles. The second-order valence-electron chi connectivity index (χ2n) is 7.75. The molecule has 0 aromatic heterocycles. The van der Waals surface area contributed by atoms with Crippen LogP contribution in [0.3, 0.4) is 0 Å². The van der Waals surface area contributed by atoms with Crippen molar-refractivity contribution in [3.05, 3.63) is 0 Å². The van der Waals surface area contributed by atoms with Gasteiger partial charge in [0.2, 0.25) is 0 Å². The van der Waals surface area contributed by atoms with Gasteiger partial charge in [-0.25, -0.2) is 0 Å². The number of carbonyl (C=O) groups excluding carboxylic acids is 3. The average molecular weight is 338 g/mol. The summed E-state index contributed by atoms with van der Waals surface area (Å²) in [6.45, 7) is 6.28. The van der Waals surface area contributed by atoms with Crippen molar-refractivity contribution in [3.8, 4) is 0 Å². The summed E-state index contributed by atoms with van der Waals surface area (Å²) in [6, 6.07) is 0. The largest absolute Gasteiger partial charge is 0.465 e. The molecule has 0 aromatic carbocycles. The molecule has 0 saturated carbocycles. The van der Waals surface area contributed by atoms with Crippen LogP contribution in [0.25, 0.3) is 0 Å². The highest BCUT2D eigenvalue weighted by Crippen LogP contribution is 2.39. The summed E-state index contributed by atoms with van der Waals surface area (Å²) in [7, 11) is 0. The van der Waals surface area contributed by atoms with E-state index in [-0.39, 0.29) is 41.6 Å². The van der Waals surface area contributed by atoms with Gasteiger partial charge in [-0.1, -0.05) is 20.8 Å². The van der Waals surface area contributed by atoms with Crippen molar-refractivity contribution in [2.75, 3.05) is 6.61 Å². The summed E-state index contributed by atoms with van der Waals surface area (Å²) in [6.07, 6.45) is 1.86. The van der Waals surface area contributed by atoms with Crippen LogP contribution in [0.15, 0.2) is 0 Å². The molecule has 0 aromatic rings. The third-order valence-electron chi connectivity index (χ3n) is 5.63. The Morgan fingerprint density at radius 1 is 0.833 bits per heavy atom. The van der Waals surface area contributed by atoms with Crippen LogP contribution in [0.1, 0.15) is 46.5 Å². The molecule has 134 valence electrons. The van der Waals surface area contributed by atoms with Gasteiger partial charge in [-0.3, -0.25) is 14.4 Å². The maximum Gasteiger partial charge on any atom is 0.313 e. The molecule has 3 saturated heterocycles. The fourth-order valence-electron chi connectivity index (χ4n) is 4.13. The molecule has 3 heterocycles. The van der Waals surface area contributed by atoms with Crippen LogP contribution in [-0.4, -0.2) is 36.7 Å². The van der Waals surface area contributed by atoms with E-state index in [0.29, 0.717) is 25.9 Å². The van der Waals surface area contributed by atoms with Crippen LogP contribution in [0.4, 0.5) is 0 Å². The minimum atomic E-state index is -0.435. The number of carbonyl (C=O) groups is 3. The van der Waals surface area contributed by atoms with Crippen LogP contribution in [0.5, 0.6) is 0 Å². The van der Waals surface area contributed by atoms with Crippen molar-refractivity contribution in [2.24, 2.45) is 29.6 Å². The number of hydrogen-bond donors (Lipinski definition) is 0. The molecule has 0 aliphatic carbocycles. The zero-order valence-corrected chi connectivity index (χ0v) is 14.5. The fraction of sp³-hybridized carbons (Fsp3) is 0.833. The maximum absolute atomic E-state index is 12.6. The van der Waals surface area contributed by atoms with Gasteiger partial charge in [0, 0.05) is 0 Å². The monoisotopic (exact) mass is 338 g/mol. The molecule has 0 N–H and O–H groups in total. The van der Waals surface area contributed by atoms with E-state index in [1.807, 2.05) is 20.8 Å². The number of ether oxygens (including phenoxy) is 3. The molecule has 3 fully saturated rings. The van der Waals surface area contributed by atoms with Gasteiger partial charge in [-0.15, -0.1) is 0 Å². The summed E-state index contributed by atoms with van der Waals surface area (Å²) < 4.78 is 16.3. The van der Waals surface area contributed by atoms with Crippen molar-refractivity contribution in [2.45, 2.75) is 58.7 Å². The topological polar surface area (TPSA) is 78.9 Å². The first-order chi connectivity index (χ1) is 11.4. The molecule has 4 unspecified atom stereocenters. The smallest absolute Gasteiger partial charge is 0.313 e. The summed E-state index contributed by atoms with van der Waals surface area (Å²) in [5.74, 6) is -1.50. The zero-order valence-electron chi connectivity index (χ0n) is 14.5. The number of hydrogen-bond acceptors (Lipinski definition) is 6. The third kappa shape index (κ3) is 3.28.